The molecule has 0 spiro atoms. The van der Waals surface area contributed by atoms with E-state index in [1.165, 1.54) is 23.5 Å². The molecule has 1 aliphatic rings. The van der Waals surface area contributed by atoms with E-state index in [9.17, 15) is 10.1 Å². The van der Waals surface area contributed by atoms with E-state index in [2.05, 4.69) is 10.3 Å². The van der Waals surface area contributed by atoms with Crippen LogP contribution in [0.5, 0.6) is 0 Å². The number of para-hydroxylation sites is 1. The summed E-state index contributed by atoms with van der Waals surface area (Å²) in [7, 11) is 0. The first kappa shape index (κ1) is 20.5. The molecule has 3 aromatic carbocycles. The third-order valence-electron chi connectivity index (χ3n) is 5.06. The summed E-state index contributed by atoms with van der Waals surface area (Å²) in [4.78, 5) is 20.0. The molecule has 0 bridgehead atoms. The Morgan fingerprint density at radius 1 is 1.06 bits per heavy atom. The van der Waals surface area contributed by atoms with Crippen molar-refractivity contribution >= 4 is 39.9 Å². The van der Waals surface area contributed by atoms with Crippen LogP contribution < -0.4 is 5.32 Å². The predicted molar refractivity (Wildman–Crippen MR) is 130 cm³/mol. The minimum Gasteiger partial charge on any atom is -0.336 e. The summed E-state index contributed by atoms with van der Waals surface area (Å²) in [6.07, 6.45) is 2.97. The van der Waals surface area contributed by atoms with Crippen molar-refractivity contribution in [3.8, 4) is 0 Å². The van der Waals surface area contributed by atoms with E-state index in [0.717, 1.165) is 21.9 Å². The smallest absolute Gasteiger partial charge is 0.270 e. The second kappa shape index (κ2) is 9.01. The normalized spacial score (nSPS) is 15.2. The first-order chi connectivity index (χ1) is 16.2. The number of benzene rings is 3. The van der Waals surface area contributed by atoms with Gasteiger partial charge in [0.2, 0.25) is 0 Å². The van der Waals surface area contributed by atoms with Gasteiger partial charge in [-0.05, 0) is 6.07 Å². The average Bonchev–Trinajstić information content (AvgIpc) is 3.37. The van der Waals surface area contributed by atoms with E-state index >= 15 is 0 Å². The largest absolute Gasteiger partial charge is 0.336 e. The molecule has 0 amide bonds. The minimum atomic E-state index is -0.418. The first-order valence-electron chi connectivity index (χ1n) is 10.2. The van der Waals surface area contributed by atoms with Crippen LogP contribution in [0.3, 0.4) is 0 Å². The maximum absolute atomic E-state index is 11.2. The lowest BCUT2D eigenvalue weighted by Gasteiger charge is -2.35. The molecule has 1 aromatic heterocycles. The first-order valence-corrected chi connectivity index (χ1v) is 11.0. The van der Waals surface area contributed by atoms with Crippen LogP contribution >= 0.6 is 11.3 Å². The number of amidine groups is 1. The van der Waals surface area contributed by atoms with Crippen LogP contribution in [0.4, 0.5) is 16.5 Å². The van der Waals surface area contributed by atoms with Gasteiger partial charge in [0.1, 0.15) is 0 Å². The number of hydrogen-bond donors (Lipinski definition) is 1. The van der Waals surface area contributed by atoms with Crippen LogP contribution in [0.1, 0.15) is 22.9 Å². The lowest BCUT2D eigenvalue weighted by molar-refractivity contribution is -0.384. The van der Waals surface area contributed by atoms with E-state index < -0.39 is 4.92 Å². The van der Waals surface area contributed by atoms with Gasteiger partial charge in [-0.2, -0.15) is 5.10 Å². The van der Waals surface area contributed by atoms with Gasteiger partial charge >= 0.3 is 0 Å². The number of aliphatic imine (C=N–C) groups is 1. The fraction of sp³-hybridized carbons (Fsp3) is 0.0417. The maximum Gasteiger partial charge on any atom is 0.270 e. The number of nitro benzene ring substituents is 1. The lowest BCUT2D eigenvalue weighted by Crippen LogP contribution is -2.38. The quantitative estimate of drug-likeness (QED) is 0.233. The molecule has 2 heterocycles. The van der Waals surface area contributed by atoms with Crippen LogP contribution in [-0.4, -0.2) is 27.0 Å². The molecule has 1 N–H and O–H groups in total. The highest BCUT2D eigenvalue weighted by Gasteiger charge is 2.31. The summed E-state index contributed by atoms with van der Waals surface area (Å²) < 4.78 is 0. The van der Waals surface area contributed by atoms with Gasteiger partial charge in [0, 0.05) is 40.4 Å². The number of fused-ring (bicyclic) bond motifs is 1. The predicted octanol–water partition coefficient (Wildman–Crippen LogP) is 5.59. The van der Waals surface area contributed by atoms with E-state index in [4.69, 9.17) is 10.1 Å². The molecule has 8 nitrogen and oxygen atoms in total. The molecule has 0 fully saturated rings. The molecular weight excluding hydrogens is 436 g/mol. The van der Waals surface area contributed by atoms with E-state index in [1.807, 2.05) is 60.0 Å². The summed E-state index contributed by atoms with van der Waals surface area (Å²) in [6, 6.07) is 24.0. The van der Waals surface area contributed by atoms with Gasteiger partial charge < -0.3 is 5.32 Å². The zero-order valence-electron chi connectivity index (χ0n) is 17.3. The molecule has 0 saturated carbocycles. The molecule has 1 unspecified atom stereocenters. The van der Waals surface area contributed by atoms with Gasteiger partial charge in [0.05, 0.1) is 16.8 Å². The SMILES string of the molecule is O=[N+]([O-])c1cccc(/C=N/N2C(c3ccccc3)=Nc3ccccc3C2Nc2nccs2)c1. The number of nitrogens with zero attached hydrogens (tertiary/aromatic N) is 5. The van der Waals surface area contributed by atoms with Gasteiger partial charge in [-0.25, -0.2) is 15.0 Å². The number of anilines is 1. The van der Waals surface area contributed by atoms with Gasteiger partial charge in [0.15, 0.2) is 17.1 Å². The molecule has 162 valence electrons. The van der Waals surface area contributed by atoms with E-state index in [1.54, 1.807) is 29.6 Å². The number of thiazole rings is 1. The molecule has 0 radical (unpaired) electrons. The van der Waals surface area contributed by atoms with Crippen molar-refractivity contribution in [3.05, 3.63) is 117 Å². The summed E-state index contributed by atoms with van der Waals surface area (Å²) in [5.41, 5.74) is 3.31. The lowest BCUT2D eigenvalue weighted by atomic mass is 10.1. The second-order valence-corrected chi connectivity index (χ2v) is 8.08. The Morgan fingerprint density at radius 3 is 2.67 bits per heavy atom. The van der Waals surface area contributed by atoms with Crippen LogP contribution in [0, 0.1) is 10.1 Å². The molecule has 5 rings (SSSR count). The maximum atomic E-state index is 11.2. The number of nitro groups is 1. The summed E-state index contributed by atoms with van der Waals surface area (Å²) in [5, 5.41) is 23.8. The van der Waals surface area contributed by atoms with Gasteiger partial charge in [-0.3, -0.25) is 10.1 Å². The highest BCUT2D eigenvalue weighted by Crippen LogP contribution is 2.37. The van der Waals surface area contributed by atoms with Crippen molar-refractivity contribution in [2.45, 2.75) is 6.17 Å². The second-order valence-electron chi connectivity index (χ2n) is 7.19. The molecule has 1 aliphatic heterocycles. The van der Waals surface area contributed by atoms with Crippen LogP contribution in [-0.2, 0) is 0 Å². The third-order valence-corrected chi connectivity index (χ3v) is 5.76. The molecule has 0 aliphatic carbocycles. The zero-order chi connectivity index (χ0) is 22.6. The monoisotopic (exact) mass is 454 g/mol. The van der Waals surface area contributed by atoms with E-state index in [-0.39, 0.29) is 11.9 Å². The number of non-ortho nitro benzene ring substituents is 1. The topological polar surface area (TPSA) is 96.0 Å². The number of hydrogen-bond acceptors (Lipinski definition) is 8. The van der Waals surface area contributed by atoms with Crippen molar-refractivity contribution < 1.29 is 4.92 Å². The fourth-order valence-corrected chi connectivity index (χ4v) is 4.10. The molecule has 33 heavy (non-hydrogen) atoms. The van der Waals surface area contributed by atoms with Crippen LogP contribution in [0.15, 0.2) is 101 Å². The van der Waals surface area contributed by atoms with Gasteiger partial charge in [-0.15, -0.1) is 11.3 Å². The van der Waals surface area contributed by atoms with Crippen molar-refractivity contribution in [1.29, 1.82) is 0 Å². The fourth-order valence-electron chi connectivity index (χ4n) is 3.54. The Kier molecular flexibility index (Phi) is 5.61. The van der Waals surface area contributed by atoms with Crippen molar-refractivity contribution in [2.24, 2.45) is 10.1 Å². The van der Waals surface area contributed by atoms with Crippen molar-refractivity contribution in [1.82, 2.24) is 9.99 Å². The highest BCUT2D eigenvalue weighted by molar-refractivity contribution is 7.13. The molecular formula is C24H18N6O2S. The van der Waals surface area contributed by atoms with Gasteiger partial charge in [-0.1, -0.05) is 60.7 Å². The standard InChI is InChI=1S/C24H18N6O2S/c31-30(32)19-10-6-7-17(15-19)16-26-29-22(18-8-2-1-3-9-18)27-21-12-5-4-11-20(21)23(29)28-24-25-13-14-33-24/h1-16,23H,(H,25,28)/b26-16+. The number of nitrogens with one attached hydrogen (secondary N) is 1. The van der Waals surface area contributed by atoms with Gasteiger partial charge in [0.25, 0.3) is 5.69 Å². The highest BCUT2D eigenvalue weighted by atomic mass is 32.1. The zero-order valence-corrected chi connectivity index (χ0v) is 18.1. The summed E-state index contributed by atoms with van der Waals surface area (Å²) in [6.45, 7) is 0. The summed E-state index contributed by atoms with van der Waals surface area (Å²) >= 11 is 1.49. The Morgan fingerprint density at radius 2 is 1.88 bits per heavy atom. The Hall–Kier alpha value is -4.37. The number of hydrazone groups is 1. The Bertz CT molecular complexity index is 1340. The van der Waals surface area contributed by atoms with Crippen LogP contribution in [0.2, 0.25) is 0 Å². The number of rotatable bonds is 6. The Balaban J connectivity index is 1.61. The van der Waals surface area contributed by atoms with Crippen LogP contribution in [0.25, 0.3) is 0 Å². The molecule has 9 heteroatoms. The summed E-state index contributed by atoms with van der Waals surface area (Å²) in [5.74, 6) is 0.657. The molecule has 4 aromatic rings. The molecule has 1 atom stereocenters. The van der Waals surface area contributed by atoms with Crippen molar-refractivity contribution in [2.75, 3.05) is 5.32 Å². The number of aromatic nitrogens is 1. The minimum absolute atomic E-state index is 0.0114. The molecule has 0 saturated heterocycles. The van der Waals surface area contributed by atoms with E-state index in [0.29, 0.717) is 11.4 Å². The van der Waals surface area contributed by atoms with Crippen molar-refractivity contribution in [3.63, 3.8) is 0 Å². The Labute approximate surface area is 193 Å². The average molecular weight is 455 g/mol. The third kappa shape index (κ3) is 4.35.